The number of pyridine rings is 1. The van der Waals surface area contributed by atoms with E-state index in [1.165, 1.54) is 6.26 Å². The average Bonchev–Trinajstić information content (AvgIpc) is 3.27. The van der Waals surface area contributed by atoms with Crippen LogP contribution in [0.5, 0.6) is 5.75 Å². The van der Waals surface area contributed by atoms with Crippen molar-refractivity contribution in [3.05, 3.63) is 66.4 Å². The van der Waals surface area contributed by atoms with Gasteiger partial charge in [0, 0.05) is 16.5 Å². The molecule has 0 aliphatic heterocycles. The quantitative estimate of drug-likeness (QED) is 0.401. The van der Waals surface area contributed by atoms with Gasteiger partial charge >= 0.3 is 12.1 Å². The molecule has 0 aliphatic rings. The SMILES string of the molecule is N#Cc1c(-c2ccco2)cc(-c2cccc3cccc(O)c23)nc1N.O=C(O)C(F)(F)F. The molecule has 162 valence electrons. The summed E-state index contributed by atoms with van der Waals surface area (Å²) >= 11 is 0. The molecule has 32 heavy (non-hydrogen) atoms. The fourth-order valence-corrected chi connectivity index (χ4v) is 2.98. The number of hydrogen-bond donors (Lipinski definition) is 3. The number of aromatic hydroxyl groups is 1. The Bertz CT molecular complexity index is 1320. The number of benzene rings is 2. The molecule has 0 saturated heterocycles. The highest BCUT2D eigenvalue weighted by Crippen LogP contribution is 2.37. The summed E-state index contributed by atoms with van der Waals surface area (Å²) in [5.74, 6) is -1.93. The molecule has 2 aromatic heterocycles. The number of phenols is 1. The Balaban J connectivity index is 0.000000360. The van der Waals surface area contributed by atoms with Gasteiger partial charge in [0.05, 0.1) is 12.0 Å². The minimum Gasteiger partial charge on any atom is -0.507 e. The number of halogens is 3. The van der Waals surface area contributed by atoms with Gasteiger partial charge in [0.2, 0.25) is 0 Å². The van der Waals surface area contributed by atoms with Gasteiger partial charge in [-0.1, -0.05) is 30.3 Å². The molecule has 0 radical (unpaired) electrons. The Morgan fingerprint density at radius 1 is 1.09 bits per heavy atom. The number of anilines is 1. The maximum absolute atomic E-state index is 10.6. The number of nitrogen functional groups attached to an aromatic ring is 1. The van der Waals surface area contributed by atoms with E-state index in [2.05, 4.69) is 11.1 Å². The van der Waals surface area contributed by atoms with E-state index in [0.29, 0.717) is 22.4 Å². The van der Waals surface area contributed by atoms with Gasteiger partial charge < -0.3 is 20.4 Å². The molecule has 4 rings (SSSR count). The minimum atomic E-state index is -5.08. The first-order chi connectivity index (χ1) is 15.1. The Morgan fingerprint density at radius 3 is 2.31 bits per heavy atom. The van der Waals surface area contributed by atoms with Crippen LogP contribution in [0, 0.1) is 11.3 Å². The number of nitrogens with zero attached hydrogens (tertiary/aromatic N) is 2. The van der Waals surface area contributed by atoms with E-state index in [4.69, 9.17) is 20.1 Å². The van der Waals surface area contributed by atoms with Crippen molar-refractivity contribution in [2.75, 3.05) is 5.73 Å². The highest BCUT2D eigenvalue weighted by atomic mass is 19.4. The molecule has 4 aromatic rings. The normalized spacial score (nSPS) is 10.8. The number of alkyl halides is 3. The highest BCUT2D eigenvalue weighted by molar-refractivity contribution is 6.00. The van der Waals surface area contributed by atoms with E-state index in [1.54, 1.807) is 30.3 Å². The molecule has 2 heterocycles. The topological polar surface area (TPSA) is 133 Å². The van der Waals surface area contributed by atoms with Gasteiger partial charge in [0.15, 0.2) is 0 Å². The van der Waals surface area contributed by atoms with E-state index >= 15 is 0 Å². The summed E-state index contributed by atoms with van der Waals surface area (Å²) in [5.41, 5.74) is 8.16. The van der Waals surface area contributed by atoms with E-state index < -0.39 is 12.1 Å². The molecule has 0 aliphatic carbocycles. The first-order valence-corrected chi connectivity index (χ1v) is 8.89. The molecule has 2 aromatic carbocycles. The molecule has 0 unspecified atom stereocenters. The third-order valence-corrected chi connectivity index (χ3v) is 4.35. The van der Waals surface area contributed by atoms with Gasteiger partial charge in [-0.05, 0) is 29.7 Å². The lowest BCUT2D eigenvalue weighted by Crippen LogP contribution is -2.21. The van der Waals surface area contributed by atoms with Crippen LogP contribution in [0.25, 0.3) is 33.4 Å². The number of aromatic nitrogens is 1. The third kappa shape index (κ3) is 4.46. The molecule has 0 amide bonds. The summed E-state index contributed by atoms with van der Waals surface area (Å²) in [6.07, 6.45) is -3.55. The molecule has 7 nitrogen and oxygen atoms in total. The van der Waals surface area contributed by atoms with Crippen LogP contribution in [-0.4, -0.2) is 27.3 Å². The van der Waals surface area contributed by atoms with Gasteiger partial charge in [0.1, 0.15) is 29.0 Å². The zero-order valence-electron chi connectivity index (χ0n) is 16.1. The fraction of sp³-hybridized carbons (Fsp3) is 0.0455. The van der Waals surface area contributed by atoms with Crippen molar-refractivity contribution in [2.45, 2.75) is 6.18 Å². The van der Waals surface area contributed by atoms with Crippen molar-refractivity contribution in [2.24, 2.45) is 0 Å². The molecule has 0 saturated carbocycles. The van der Waals surface area contributed by atoms with Crippen LogP contribution in [0.4, 0.5) is 19.0 Å². The Hall–Kier alpha value is -4.52. The van der Waals surface area contributed by atoms with Crippen molar-refractivity contribution >= 4 is 22.6 Å². The number of nitrogens with two attached hydrogens (primary N) is 1. The number of rotatable bonds is 2. The second-order valence-corrected chi connectivity index (χ2v) is 6.39. The standard InChI is InChI=1S/C20H13N3O2.C2HF3O2/c21-11-15-14(18-8-3-9-25-18)10-16(23-20(15)22)13-6-1-4-12-5-2-7-17(24)19(12)13;3-2(4,5)1(6)7/h1-10,24H,(H2,22,23);(H,6,7). The van der Waals surface area contributed by atoms with E-state index in [1.807, 2.05) is 24.3 Å². The van der Waals surface area contributed by atoms with Crippen LogP contribution in [0.2, 0.25) is 0 Å². The van der Waals surface area contributed by atoms with Gasteiger partial charge in [-0.2, -0.15) is 18.4 Å². The summed E-state index contributed by atoms with van der Waals surface area (Å²) in [4.78, 5) is 13.3. The predicted octanol–water partition coefficient (Wildman–Crippen LogP) is 4.95. The number of carbonyl (C=O) groups is 1. The van der Waals surface area contributed by atoms with Crippen molar-refractivity contribution in [1.82, 2.24) is 4.98 Å². The van der Waals surface area contributed by atoms with Crippen molar-refractivity contribution < 1.29 is 32.6 Å². The van der Waals surface area contributed by atoms with Gasteiger partial charge in [-0.3, -0.25) is 0 Å². The molecular formula is C22H14F3N3O4. The monoisotopic (exact) mass is 441 g/mol. The third-order valence-electron chi connectivity index (χ3n) is 4.35. The summed E-state index contributed by atoms with van der Waals surface area (Å²) in [6.45, 7) is 0. The molecule has 0 bridgehead atoms. The highest BCUT2D eigenvalue weighted by Gasteiger charge is 2.38. The first kappa shape index (κ1) is 22.2. The number of nitriles is 1. The van der Waals surface area contributed by atoms with Crippen LogP contribution in [0.3, 0.4) is 0 Å². The van der Waals surface area contributed by atoms with E-state index in [0.717, 1.165) is 10.9 Å². The van der Waals surface area contributed by atoms with Crippen LogP contribution in [-0.2, 0) is 4.79 Å². The van der Waals surface area contributed by atoms with Gasteiger partial charge in [-0.25, -0.2) is 9.78 Å². The number of furan rings is 1. The smallest absolute Gasteiger partial charge is 0.490 e. The number of phenolic OH excluding ortho intramolecular Hbond substituents is 1. The van der Waals surface area contributed by atoms with Crippen LogP contribution in [0.1, 0.15) is 5.56 Å². The zero-order chi connectivity index (χ0) is 23.5. The number of aliphatic carboxylic acids is 1. The molecule has 0 fully saturated rings. The van der Waals surface area contributed by atoms with E-state index in [9.17, 15) is 23.5 Å². The van der Waals surface area contributed by atoms with Gasteiger partial charge in [0.25, 0.3) is 0 Å². The van der Waals surface area contributed by atoms with E-state index in [-0.39, 0.29) is 17.1 Å². The van der Waals surface area contributed by atoms with Crippen molar-refractivity contribution in [1.29, 1.82) is 5.26 Å². The molecule has 10 heteroatoms. The zero-order valence-corrected chi connectivity index (χ0v) is 16.1. The molecular weight excluding hydrogens is 427 g/mol. The lowest BCUT2D eigenvalue weighted by atomic mass is 9.98. The molecule has 0 spiro atoms. The predicted molar refractivity (Wildman–Crippen MR) is 109 cm³/mol. The van der Waals surface area contributed by atoms with Crippen LogP contribution < -0.4 is 5.73 Å². The second kappa shape index (κ2) is 8.69. The van der Waals surface area contributed by atoms with Crippen molar-refractivity contribution in [3.63, 3.8) is 0 Å². The lowest BCUT2D eigenvalue weighted by Gasteiger charge is -2.11. The fourth-order valence-electron chi connectivity index (χ4n) is 2.98. The maximum Gasteiger partial charge on any atom is 0.490 e. The second-order valence-electron chi connectivity index (χ2n) is 6.39. The largest absolute Gasteiger partial charge is 0.507 e. The minimum absolute atomic E-state index is 0.124. The first-order valence-electron chi connectivity index (χ1n) is 8.89. The maximum atomic E-state index is 10.6. The Morgan fingerprint density at radius 2 is 1.75 bits per heavy atom. The lowest BCUT2D eigenvalue weighted by molar-refractivity contribution is -0.192. The summed E-state index contributed by atoms with van der Waals surface area (Å²) in [5, 5.41) is 28.4. The number of fused-ring (bicyclic) bond motifs is 1. The van der Waals surface area contributed by atoms with Crippen LogP contribution in [0.15, 0.2) is 65.3 Å². The number of carboxylic acids is 1. The molecule has 4 N–H and O–H groups in total. The van der Waals surface area contributed by atoms with Crippen molar-refractivity contribution in [3.8, 4) is 34.4 Å². The summed E-state index contributed by atoms with van der Waals surface area (Å²) in [6, 6.07) is 18.4. The number of hydrogen-bond acceptors (Lipinski definition) is 6. The molecule has 0 atom stereocenters. The Labute approximate surface area is 178 Å². The summed E-state index contributed by atoms with van der Waals surface area (Å²) < 4.78 is 37.2. The summed E-state index contributed by atoms with van der Waals surface area (Å²) in [7, 11) is 0. The Kier molecular flexibility index (Phi) is 6.02. The van der Waals surface area contributed by atoms with Crippen LogP contribution >= 0.6 is 0 Å². The van der Waals surface area contributed by atoms with Gasteiger partial charge in [-0.15, -0.1) is 0 Å². The number of carboxylic acid groups (broad SMARTS) is 1. The average molecular weight is 441 g/mol.